The predicted molar refractivity (Wildman–Crippen MR) is 96.7 cm³/mol. The molecule has 4 rings (SSSR count). The summed E-state index contributed by atoms with van der Waals surface area (Å²) in [6, 6.07) is 12.9. The summed E-state index contributed by atoms with van der Waals surface area (Å²) in [6.07, 6.45) is 0. The fourth-order valence-electron chi connectivity index (χ4n) is 2.80. The van der Waals surface area contributed by atoms with Crippen molar-refractivity contribution in [2.75, 3.05) is 5.75 Å². The van der Waals surface area contributed by atoms with Crippen LogP contribution in [0.4, 0.5) is 0 Å². The molecular formula is C18H14N2O2S2. The van der Waals surface area contributed by atoms with Gasteiger partial charge in [-0.25, -0.2) is 4.98 Å². The van der Waals surface area contributed by atoms with Crippen LogP contribution in [0.3, 0.4) is 0 Å². The average molecular weight is 354 g/mol. The van der Waals surface area contributed by atoms with E-state index in [1.807, 2.05) is 18.2 Å². The lowest BCUT2D eigenvalue weighted by molar-refractivity contribution is 0.0642. The minimum atomic E-state index is -0.220. The van der Waals surface area contributed by atoms with Crippen molar-refractivity contribution in [1.29, 1.82) is 0 Å². The Morgan fingerprint density at radius 1 is 1.08 bits per heavy atom. The number of thiazole rings is 1. The van der Waals surface area contributed by atoms with E-state index in [2.05, 4.69) is 11.9 Å². The van der Waals surface area contributed by atoms with Crippen LogP contribution in [0.25, 0.3) is 10.2 Å². The third kappa shape index (κ3) is 2.52. The first kappa shape index (κ1) is 15.4. The van der Waals surface area contributed by atoms with Crippen molar-refractivity contribution in [2.45, 2.75) is 17.8 Å². The highest BCUT2D eigenvalue weighted by atomic mass is 32.2. The van der Waals surface area contributed by atoms with Gasteiger partial charge >= 0.3 is 0 Å². The molecule has 120 valence electrons. The third-order valence-electron chi connectivity index (χ3n) is 3.92. The number of carbonyl (C=O) groups excluding carboxylic acids is 2. The number of carbonyl (C=O) groups is 2. The summed E-state index contributed by atoms with van der Waals surface area (Å²) >= 11 is 3.37. The van der Waals surface area contributed by atoms with Crippen LogP contribution in [0.2, 0.25) is 0 Å². The van der Waals surface area contributed by atoms with Crippen molar-refractivity contribution < 1.29 is 9.59 Å². The molecule has 0 spiro atoms. The van der Waals surface area contributed by atoms with Gasteiger partial charge in [-0.3, -0.25) is 14.5 Å². The SMILES string of the molecule is CCSc1nc2ccc(CN3C(=O)c4ccccc4C3=O)cc2s1. The van der Waals surface area contributed by atoms with Crippen LogP contribution in [0, 0.1) is 0 Å². The lowest BCUT2D eigenvalue weighted by Crippen LogP contribution is -2.29. The summed E-state index contributed by atoms with van der Waals surface area (Å²) < 4.78 is 2.13. The van der Waals surface area contributed by atoms with E-state index in [-0.39, 0.29) is 18.4 Å². The van der Waals surface area contributed by atoms with E-state index in [9.17, 15) is 9.59 Å². The van der Waals surface area contributed by atoms with E-state index in [0.717, 1.165) is 25.9 Å². The molecule has 0 unspecified atom stereocenters. The Kier molecular flexibility index (Phi) is 3.86. The maximum Gasteiger partial charge on any atom is 0.261 e. The molecule has 0 N–H and O–H groups in total. The summed E-state index contributed by atoms with van der Waals surface area (Å²) in [5.74, 6) is 0.548. The van der Waals surface area contributed by atoms with Gasteiger partial charge in [0.15, 0.2) is 4.34 Å². The number of nitrogens with zero attached hydrogens (tertiary/aromatic N) is 2. The Labute approximate surface area is 147 Å². The van der Waals surface area contributed by atoms with Crippen molar-refractivity contribution in [3.63, 3.8) is 0 Å². The smallest absolute Gasteiger partial charge is 0.261 e. The normalized spacial score (nSPS) is 13.8. The molecule has 2 aromatic carbocycles. The third-order valence-corrected chi connectivity index (χ3v) is 5.96. The van der Waals surface area contributed by atoms with E-state index < -0.39 is 0 Å². The van der Waals surface area contributed by atoms with Crippen LogP contribution in [-0.4, -0.2) is 27.5 Å². The van der Waals surface area contributed by atoms with Crippen LogP contribution in [0.15, 0.2) is 46.8 Å². The number of benzene rings is 2. The van der Waals surface area contributed by atoms with Gasteiger partial charge in [-0.1, -0.05) is 36.9 Å². The van der Waals surface area contributed by atoms with Gasteiger partial charge in [-0.2, -0.15) is 0 Å². The van der Waals surface area contributed by atoms with Crippen molar-refractivity contribution in [2.24, 2.45) is 0 Å². The van der Waals surface area contributed by atoms with Crippen molar-refractivity contribution >= 4 is 45.1 Å². The second kappa shape index (κ2) is 6.03. The van der Waals surface area contributed by atoms with Crippen molar-refractivity contribution in [3.8, 4) is 0 Å². The maximum absolute atomic E-state index is 12.5. The van der Waals surface area contributed by atoms with Gasteiger partial charge in [0, 0.05) is 0 Å². The van der Waals surface area contributed by atoms with Gasteiger partial charge in [0.1, 0.15) is 0 Å². The summed E-state index contributed by atoms with van der Waals surface area (Å²) in [7, 11) is 0. The summed E-state index contributed by atoms with van der Waals surface area (Å²) in [4.78, 5) is 30.8. The van der Waals surface area contributed by atoms with E-state index in [1.54, 1.807) is 47.4 Å². The lowest BCUT2D eigenvalue weighted by Gasteiger charge is -2.13. The molecule has 1 aliphatic heterocycles. The molecule has 3 aromatic rings. The van der Waals surface area contributed by atoms with E-state index >= 15 is 0 Å². The maximum atomic E-state index is 12.5. The van der Waals surface area contributed by atoms with Gasteiger partial charge in [-0.05, 0) is 35.6 Å². The first-order valence-electron chi connectivity index (χ1n) is 7.65. The molecule has 6 heteroatoms. The summed E-state index contributed by atoms with van der Waals surface area (Å²) in [5.41, 5.74) is 2.88. The lowest BCUT2D eigenvalue weighted by atomic mass is 10.1. The number of hydrogen-bond donors (Lipinski definition) is 0. The zero-order valence-electron chi connectivity index (χ0n) is 13.0. The highest BCUT2D eigenvalue weighted by Gasteiger charge is 2.34. The number of amides is 2. The molecule has 0 aliphatic carbocycles. The largest absolute Gasteiger partial charge is 0.270 e. The van der Waals surface area contributed by atoms with Crippen LogP contribution in [-0.2, 0) is 6.54 Å². The number of hydrogen-bond acceptors (Lipinski definition) is 5. The van der Waals surface area contributed by atoms with Crippen LogP contribution in [0.1, 0.15) is 33.2 Å². The molecule has 0 saturated carbocycles. The van der Waals surface area contributed by atoms with E-state index in [1.165, 1.54) is 4.90 Å². The predicted octanol–water partition coefficient (Wildman–Crippen LogP) is 4.20. The van der Waals surface area contributed by atoms with Gasteiger partial charge in [0.2, 0.25) is 0 Å². The van der Waals surface area contributed by atoms with Crippen molar-refractivity contribution in [3.05, 3.63) is 59.2 Å². The molecule has 1 aromatic heterocycles. The number of imide groups is 1. The number of fused-ring (bicyclic) bond motifs is 2. The molecule has 4 nitrogen and oxygen atoms in total. The molecule has 0 saturated heterocycles. The molecule has 2 amide bonds. The topological polar surface area (TPSA) is 50.3 Å². The number of thioether (sulfide) groups is 1. The Morgan fingerprint density at radius 3 is 2.46 bits per heavy atom. The van der Waals surface area contributed by atoms with Crippen molar-refractivity contribution in [1.82, 2.24) is 9.88 Å². The van der Waals surface area contributed by atoms with Gasteiger partial charge < -0.3 is 0 Å². The zero-order valence-corrected chi connectivity index (χ0v) is 14.6. The first-order valence-corrected chi connectivity index (χ1v) is 9.45. The van der Waals surface area contributed by atoms with E-state index in [4.69, 9.17) is 0 Å². The highest BCUT2D eigenvalue weighted by Crippen LogP contribution is 2.31. The first-order chi connectivity index (χ1) is 11.7. The summed E-state index contributed by atoms with van der Waals surface area (Å²) in [5, 5.41) is 0. The zero-order chi connectivity index (χ0) is 16.7. The minimum Gasteiger partial charge on any atom is -0.270 e. The molecule has 1 aliphatic rings. The number of aromatic nitrogens is 1. The van der Waals surface area contributed by atoms with E-state index in [0.29, 0.717) is 11.1 Å². The average Bonchev–Trinajstić information content (AvgIpc) is 3.09. The number of rotatable bonds is 4. The fourth-order valence-corrected chi connectivity index (χ4v) is 4.83. The molecule has 2 heterocycles. The highest BCUT2D eigenvalue weighted by molar-refractivity contribution is 8.01. The molecular weight excluding hydrogens is 340 g/mol. The Hall–Kier alpha value is -2.18. The fraction of sp³-hybridized carbons (Fsp3) is 0.167. The second-order valence-electron chi connectivity index (χ2n) is 5.46. The molecule has 0 fully saturated rings. The molecule has 24 heavy (non-hydrogen) atoms. The van der Waals surface area contributed by atoms with Crippen LogP contribution >= 0.6 is 23.1 Å². The van der Waals surface area contributed by atoms with Gasteiger partial charge in [0.25, 0.3) is 11.8 Å². The Morgan fingerprint density at radius 2 is 1.79 bits per heavy atom. The Balaban J connectivity index is 1.63. The van der Waals surface area contributed by atoms with Gasteiger partial charge in [-0.15, -0.1) is 11.3 Å². The second-order valence-corrected chi connectivity index (χ2v) is 8.00. The summed E-state index contributed by atoms with van der Waals surface area (Å²) in [6.45, 7) is 2.39. The standard InChI is InChI=1S/C18H14N2O2S2/c1-2-23-18-19-14-8-7-11(9-15(14)24-18)10-20-16(21)12-5-3-4-6-13(12)17(20)22/h3-9H,2,10H2,1H3. The molecule has 0 radical (unpaired) electrons. The monoisotopic (exact) mass is 354 g/mol. The molecule has 0 atom stereocenters. The van der Waals surface area contributed by atoms with Crippen LogP contribution < -0.4 is 0 Å². The minimum absolute atomic E-state index is 0.220. The van der Waals surface area contributed by atoms with Crippen LogP contribution in [0.5, 0.6) is 0 Å². The quantitative estimate of drug-likeness (QED) is 0.520. The van der Waals surface area contributed by atoms with Gasteiger partial charge in [0.05, 0.1) is 27.9 Å². The molecule has 0 bridgehead atoms. The Bertz CT molecular complexity index is 930.